The molecule has 4 nitrogen and oxygen atoms in total. The highest BCUT2D eigenvalue weighted by atomic mass is 32.2. The first-order valence-electron chi connectivity index (χ1n) is 4.33. The van der Waals surface area contributed by atoms with E-state index in [1.807, 2.05) is 12.2 Å². The minimum Gasteiger partial charge on any atom is -0.350 e. The van der Waals surface area contributed by atoms with Crippen molar-refractivity contribution in [1.29, 1.82) is 0 Å². The highest BCUT2D eigenvalue weighted by Gasteiger charge is 2.13. The van der Waals surface area contributed by atoms with Gasteiger partial charge in [0.2, 0.25) is 0 Å². The molecule has 80 valence electrons. The molecule has 1 aliphatic rings. The Morgan fingerprint density at radius 1 is 1.87 bits per heavy atom. The average Bonchev–Trinajstić information content (AvgIpc) is 2.59. The second kappa shape index (κ2) is 4.91. The number of hydrogen-bond acceptors (Lipinski definition) is 3. The first-order chi connectivity index (χ1) is 7.00. The predicted molar refractivity (Wildman–Crippen MR) is 60.1 cm³/mol. The van der Waals surface area contributed by atoms with E-state index in [9.17, 15) is 4.79 Å². The topological polar surface area (TPSA) is 66.6 Å². The fraction of sp³-hybridized carbons (Fsp3) is 0.300. The zero-order chi connectivity index (χ0) is 11.4. The summed E-state index contributed by atoms with van der Waals surface area (Å²) in [6.07, 6.45) is 3.80. The van der Waals surface area contributed by atoms with E-state index in [-0.39, 0.29) is 5.25 Å². The van der Waals surface area contributed by atoms with Crippen LogP contribution in [0.15, 0.2) is 23.6 Å². The van der Waals surface area contributed by atoms with Crippen LogP contribution in [-0.2, 0) is 0 Å². The van der Waals surface area contributed by atoms with Gasteiger partial charge in [-0.2, -0.15) is 5.06 Å². The van der Waals surface area contributed by atoms with E-state index in [4.69, 9.17) is 10.9 Å². The quantitative estimate of drug-likeness (QED) is 0.401. The van der Waals surface area contributed by atoms with Crippen molar-refractivity contribution < 1.29 is 10.0 Å². The summed E-state index contributed by atoms with van der Waals surface area (Å²) in [6.45, 7) is 5.36. The van der Waals surface area contributed by atoms with Crippen molar-refractivity contribution >= 4 is 17.8 Å². The van der Waals surface area contributed by atoms with Crippen molar-refractivity contribution in [3.8, 4) is 11.8 Å². The molecule has 5 heteroatoms. The van der Waals surface area contributed by atoms with Crippen LogP contribution in [0.25, 0.3) is 0 Å². The van der Waals surface area contributed by atoms with Gasteiger partial charge in [-0.3, -0.25) is 5.21 Å². The van der Waals surface area contributed by atoms with E-state index in [1.54, 1.807) is 6.92 Å². The molecular weight excluding hydrogens is 212 g/mol. The summed E-state index contributed by atoms with van der Waals surface area (Å²) >= 11 is 1.53. The van der Waals surface area contributed by atoms with E-state index >= 15 is 0 Å². The summed E-state index contributed by atoms with van der Waals surface area (Å²) in [5, 5.41) is 9.59. The van der Waals surface area contributed by atoms with E-state index < -0.39 is 12.1 Å². The van der Waals surface area contributed by atoms with Crippen molar-refractivity contribution in [3.05, 3.63) is 23.6 Å². The SMILES string of the molecule is C=C1C=CC(C#CC(C)N(O)C(N)=O)S1. The van der Waals surface area contributed by atoms with Gasteiger partial charge in [0, 0.05) is 4.91 Å². The Bertz CT molecular complexity index is 367. The summed E-state index contributed by atoms with van der Waals surface area (Å²) in [4.78, 5) is 11.5. The molecule has 0 bridgehead atoms. The Balaban J connectivity index is 2.54. The molecule has 0 fully saturated rings. The van der Waals surface area contributed by atoms with Crippen LogP contribution < -0.4 is 5.73 Å². The molecule has 0 aliphatic carbocycles. The molecule has 1 aliphatic heterocycles. The number of allylic oxidation sites excluding steroid dienone is 1. The van der Waals surface area contributed by atoms with Gasteiger partial charge < -0.3 is 5.73 Å². The van der Waals surface area contributed by atoms with Crippen molar-refractivity contribution in [2.45, 2.75) is 18.2 Å². The smallest absolute Gasteiger partial charge is 0.339 e. The van der Waals surface area contributed by atoms with Crippen LogP contribution in [0.4, 0.5) is 4.79 Å². The van der Waals surface area contributed by atoms with Crippen molar-refractivity contribution in [3.63, 3.8) is 0 Å². The van der Waals surface area contributed by atoms with Crippen molar-refractivity contribution in [1.82, 2.24) is 5.06 Å². The number of hydroxylamine groups is 2. The predicted octanol–water partition coefficient (Wildman–Crippen LogP) is 1.33. The molecular formula is C10H12N2O2S. The Labute approximate surface area is 92.8 Å². The number of urea groups is 1. The van der Waals surface area contributed by atoms with Gasteiger partial charge in [-0.25, -0.2) is 4.79 Å². The fourth-order valence-corrected chi connectivity index (χ4v) is 1.74. The highest BCUT2D eigenvalue weighted by Crippen LogP contribution is 2.28. The molecule has 0 saturated heterocycles. The largest absolute Gasteiger partial charge is 0.350 e. The fourth-order valence-electron chi connectivity index (χ4n) is 0.969. The minimum atomic E-state index is -0.907. The third-order valence-corrected chi connectivity index (χ3v) is 2.73. The Kier molecular flexibility index (Phi) is 3.83. The van der Waals surface area contributed by atoms with Crippen LogP contribution in [0.3, 0.4) is 0 Å². The molecule has 1 heterocycles. The average molecular weight is 224 g/mol. The monoisotopic (exact) mass is 224 g/mol. The second-order valence-electron chi connectivity index (χ2n) is 3.01. The number of primary amides is 1. The van der Waals surface area contributed by atoms with Crippen LogP contribution in [0.2, 0.25) is 0 Å². The number of hydrogen-bond donors (Lipinski definition) is 2. The molecule has 3 N–H and O–H groups in total. The van der Waals surface area contributed by atoms with Gasteiger partial charge in [0.05, 0.1) is 5.25 Å². The lowest BCUT2D eigenvalue weighted by Crippen LogP contribution is -2.38. The zero-order valence-corrected chi connectivity index (χ0v) is 9.12. The molecule has 0 aromatic heterocycles. The molecule has 0 spiro atoms. The number of carbonyl (C=O) groups is 1. The normalized spacial score (nSPS) is 20.7. The maximum Gasteiger partial charge on any atom is 0.339 e. The van der Waals surface area contributed by atoms with Crippen LogP contribution in [-0.4, -0.2) is 27.6 Å². The second-order valence-corrected chi connectivity index (χ2v) is 4.28. The summed E-state index contributed by atoms with van der Waals surface area (Å²) in [6, 6.07) is -1.51. The highest BCUT2D eigenvalue weighted by molar-refractivity contribution is 8.04. The van der Waals surface area contributed by atoms with Crippen LogP contribution in [0, 0.1) is 11.8 Å². The number of nitrogens with two attached hydrogens (primary N) is 1. The Morgan fingerprint density at radius 3 is 3.00 bits per heavy atom. The van der Waals surface area contributed by atoms with Crippen LogP contribution >= 0.6 is 11.8 Å². The molecule has 1 rings (SSSR count). The first kappa shape index (κ1) is 11.7. The van der Waals surface area contributed by atoms with E-state index in [2.05, 4.69) is 18.4 Å². The minimum absolute atomic E-state index is 0.0428. The molecule has 0 saturated carbocycles. The number of rotatable bonds is 1. The van der Waals surface area contributed by atoms with Gasteiger partial charge >= 0.3 is 6.03 Å². The third-order valence-electron chi connectivity index (χ3n) is 1.76. The summed E-state index contributed by atoms with van der Waals surface area (Å²) in [5.74, 6) is 5.64. The van der Waals surface area contributed by atoms with Crippen molar-refractivity contribution in [2.75, 3.05) is 0 Å². The lowest BCUT2D eigenvalue weighted by molar-refractivity contribution is -0.0536. The van der Waals surface area contributed by atoms with Gasteiger partial charge in [0.1, 0.15) is 6.04 Å². The first-order valence-corrected chi connectivity index (χ1v) is 5.21. The zero-order valence-electron chi connectivity index (χ0n) is 8.30. The van der Waals surface area contributed by atoms with E-state index in [0.717, 1.165) is 4.91 Å². The number of nitrogens with zero attached hydrogens (tertiary/aromatic N) is 1. The lowest BCUT2D eigenvalue weighted by Gasteiger charge is -2.14. The third kappa shape index (κ3) is 3.35. The summed E-state index contributed by atoms with van der Waals surface area (Å²) in [5.41, 5.74) is 4.88. The van der Waals surface area contributed by atoms with Crippen molar-refractivity contribution in [2.24, 2.45) is 5.73 Å². The molecule has 2 atom stereocenters. The number of carbonyl (C=O) groups excluding carboxylic acids is 1. The van der Waals surface area contributed by atoms with E-state index in [0.29, 0.717) is 5.06 Å². The maximum atomic E-state index is 10.6. The summed E-state index contributed by atoms with van der Waals surface area (Å²) < 4.78 is 0. The Morgan fingerprint density at radius 2 is 2.53 bits per heavy atom. The molecule has 2 unspecified atom stereocenters. The molecule has 15 heavy (non-hydrogen) atoms. The van der Waals surface area contributed by atoms with Gasteiger partial charge in [-0.05, 0) is 6.92 Å². The maximum absolute atomic E-state index is 10.6. The van der Waals surface area contributed by atoms with Gasteiger partial charge in [-0.15, -0.1) is 11.8 Å². The molecule has 2 amide bonds. The van der Waals surface area contributed by atoms with E-state index in [1.165, 1.54) is 11.8 Å². The van der Waals surface area contributed by atoms with Crippen LogP contribution in [0.1, 0.15) is 6.92 Å². The summed E-state index contributed by atoms with van der Waals surface area (Å²) in [7, 11) is 0. The lowest BCUT2D eigenvalue weighted by atomic mass is 10.3. The molecule has 0 aromatic rings. The molecule has 0 aromatic carbocycles. The van der Waals surface area contributed by atoms with Gasteiger partial charge in [0.25, 0.3) is 0 Å². The van der Waals surface area contributed by atoms with Gasteiger partial charge in [-0.1, -0.05) is 30.6 Å². The standard InChI is InChI=1S/C10H12N2O2S/c1-7(12(14)10(11)13)3-5-9-6-4-8(2)15-9/h4,6-7,9,14H,2H2,1H3,(H2,11,13). The molecule has 0 radical (unpaired) electrons. The number of thioether (sulfide) groups is 1. The van der Waals surface area contributed by atoms with Gasteiger partial charge in [0.15, 0.2) is 0 Å². The van der Waals surface area contributed by atoms with Crippen LogP contribution in [0.5, 0.6) is 0 Å². The Hall–Kier alpha value is -1.38. The number of amides is 2.